The highest BCUT2D eigenvalue weighted by atomic mass is 127. The first-order valence-electron chi connectivity index (χ1n) is 8.01. The van der Waals surface area contributed by atoms with Crippen LogP contribution < -0.4 is 20.5 Å². The van der Waals surface area contributed by atoms with Crippen molar-refractivity contribution in [2.75, 3.05) is 25.6 Å². The summed E-state index contributed by atoms with van der Waals surface area (Å²) in [5, 5.41) is 3.05. The Hall–Kier alpha value is -1.96. The molecule has 0 spiro atoms. The van der Waals surface area contributed by atoms with Gasteiger partial charge in [-0.3, -0.25) is 4.99 Å². The molecule has 0 atom stereocenters. The molecule has 136 valence electrons. The maximum atomic E-state index is 5.91. The van der Waals surface area contributed by atoms with Gasteiger partial charge in [0.25, 0.3) is 0 Å². The Bertz CT molecular complexity index is 685. The summed E-state index contributed by atoms with van der Waals surface area (Å²) in [6.07, 6.45) is 0.794. The van der Waals surface area contributed by atoms with Gasteiger partial charge in [0.05, 0.1) is 19.4 Å². The van der Waals surface area contributed by atoms with Crippen molar-refractivity contribution in [3.8, 4) is 11.5 Å². The van der Waals surface area contributed by atoms with E-state index in [4.69, 9.17) is 15.2 Å². The van der Waals surface area contributed by atoms with E-state index < -0.39 is 0 Å². The number of aryl methyl sites for hydroxylation is 2. The molecule has 2 aromatic rings. The highest BCUT2D eigenvalue weighted by Crippen LogP contribution is 2.23. The van der Waals surface area contributed by atoms with Crippen LogP contribution in [0, 0.1) is 13.8 Å². The van der Waals surface area contributed by atoms with Crippen molar-refractivity contribution >= 4 is 35.6 Å². The van der Waals surface area contributed by atoms with E-state index in [1.54, 1.807) is 7.11 Å². The average Bonchev–Trinajstić information content (AvgIpc) is 2.57. The molecule has 0 saturated heterocycles. The molecule has 3 N–H and O–H groups in total. The zero-order valence-corrected chi connectivity index (χ0v) is 17.2. The van der Waals surface area contributed by atoms with Gasteiger partial charge in [-0.1, -0.05) is 30.3 Å². The number of hydrogen-bond donors (Lipinski definition) is 2. The number of aliphatic imine (C=N–C) groups is 1. The molecule has 0 heterocycles. The number of rotatable bonds is 7. The third-order valence-corrected chi connectivity index (χ3v) is 3.61. The maximum absolute atomic E-state index is 5.91. The molecule has 0 aliphatic carbocycles. The van der Waals surface area contributed by atoms with E-state index in [9.17, 15) is 0 Å². The molecule has 6 heteroatoms. The number of nitrogens with two attached hydrogens (primary N) is 1. The summed E-state index contributed by atoms with van der Waals surface area (Å²) in [4.78, 5) is 4.32. The molecule has 2 aromatic carbocycles. The first-order chi connectivity index (χ1) is 11.6. The Morgan fingerprint density at radius 1 is 1.08 bits per heavy atom. The molecule has 0 saturated carbocycles. The second-order valence-corrected chi connectivity index (χ2v) is 5.52. The molecule has 0 bridgehead atoms. The van der Waals surface area contributed by atoms with Crippen LogP contribution in [0.4, 0.5) is 5.69 Å². The standard InChI is InChI=1S/C19H25N3O2.HI/c1-14-8-6-9-15(2)18(14)24-13-7-12-21-19(20)22-16-10-4-5-11-17(16)23-3;/h4-6,8-11H,7,12-13H2,1-3H3,(H3,20,21,22);1H. The number of nitrogens with zero attached hydrogens (tertiary/aromatic N) is 1. The SMILES string of the molecule is COc1ccccc1NC(N)=NCCCOc1c(C)cccc1C.I. The van der Waals surface area contributed by atoms with Crippen LogP contribution in [0.5, 0.6) is 11.5 Å². The van der Waals surface area contributed by atoms with Gasteiger partial charge in [0.15, 0.2) is 5.96 Å². The van der Waals surface area contributed by atoms with E-state index in [1.165, 1.54) is 0 Å². The van der Waals surface area contributed by atoms with E-state index in [0.717, 1.165) is 34.7 Å². The van der Waals surface area contributed by atoms with Gasteiger partial charge < -0.3 is 20.5 Å². The molecule has 5 nitrogen and oxygen atoms in total. The van der Waals surface area contributed by atoms with Gasteiger partial charge in [0.2, 0.25) is 0 Å². The number of hydrogen-bond acceptors (Lipinski definition) is 3. The lowest BCUT2D eigenvalue weighted by Gasteiger charge is -2.12. The highest BCUT2D eigenvalue weighted by molar-refractivity contribution is 14.0. The number of halogens is 1. The molecule has 0 unspecified atom stereocenters. The summed E-state index contributed by atoms with van der Waals surface area (Å²) in [5.74, 6) is 2.06. The van der Waals surface area contributed by atoms with Gasteiger partial charge in [-0.25, -0.2) is 0 Å². The number of para-hydroxylation sites is 3. The number of benzene rings is 2. The van der Waals surface area contributed by atoms with Crippen molar-refractivity contribution in [1.82, 2.24) is 0 Å². The van der Waals surface area contributed by atoms with E-state index in [0.29, 0.717) is 19.1 Å². The maximum Gasteiger partial charge on any atom is 0.193 e. The smallest absolute Gasteiger partial charge is 0.193 e. The van der Waals surface area contributed by atoms with Gasteiger partial charge >= 0.3 is 0 Å². The number of ether oxygens (including phenoxy) is 2. The van der Waals surface area contributed by atoms with Gasteiger partial charge in [-0.2, -0.15) is 0 Å². The third kappa shape index (κ3) is 6.45. The van der Waals surface area contributed by atoms with Crippen molar-refractivity contribution < 1.29 is 9.47 Å². The zero-order chi connectivity index (χ0) is 17.4. The minimum Gasteiger partial charge on any atom is -0.495 e. The first kappa shape index (κ1) is 21.1. The summed E-state index contributed by atoms with van der Waals surface area (Å²) in [7, 11) is 1.62. The minimum absolute atomic E-state index is 0. The first-order valence-corrected chi connectivity index (χ1v) is 8.01. The van der Waals surface area contributed by atoms with Crippen LogP contribution in [0.1, 0.15) is 17.5 Å². The summed E-state index contributed by atoms with van der Waals surface area (Å²) >= 11 is 0. The summed E-state index contributed by atoms with van der Waals surface area (Å²) < 4.78 is 11.1. The predicted octanol–water partition coefficient (Wildman–Crippen LogP) is 4.13. The molecule has 0 aliphatic heterocycles. The van der Waals surface area contributed by atoms with Crippen molar-refractivity contribution in [3.05, 3.63) is 53.6 Å². The molecule has 0 aromatic heterocycles. The predicted molar refractivity (Wildman–Crippen MR) is 115 cm³/mol. The fourth-order valence-corrected chi connectivity index (χ4v) is 2.39. The van der Waals surface area contributed by atoms with E-state index >= 15 is 0 Å². The van der Waals surface area contributed by atoms with Gasteiger partial charge in [-0.15, -0.1) is 24.0 Å². The Kier molecular flexibility index (Phi) is 9.12. The van der Waals surface area contributed by atoms with E-state index in [2.05, 4.69) is 36.3 Å². The van der Waals surface area contributed by atoms with Gasteiger partial charge in [0, 0.05) is 13.0 Å². The van der Waals surface area contributed by atoms with Crippen molar-refractivity contribution in [3.63, 3.8) is 0 Å². The summed E-state index contributed by atoms with van der Waals surface area (Å²) in [6, 6.07) is 13.7. The number of nitrogens with one attached hydrogen (secondary N) is 1. The van der Waals surface area contributed by atoms with Crippen molar-refractivity contribution in [2.45, 2.75) is 20.3 Å². The Morgan fingerprint density at radius 2 is 1.76 bits per heavy atom. The Morgan fingerprint density at radius 3 is 2.44 bits per heavy atom. The molecule has 0 aliphatic rings. The van der Waals surface area contributed by atoms with E-state index in [1.807, 2.05) is 30.3 Å². The second kappa shape index (κ2) is 10.8. The van der Waals surface area contributed by atoms with Crippen molar-refractivity contribution in [1.29, 1.82) is 0 Å². The molecule has 2 rings (SSSR count). The molecule has 0 fully saturated rings. The van der Waals surface area contributed by atoms with Crippen molar-refractivity contribution in [2.24, 2.45) is 10.7 Å². The quantitative estimate of drug-likeness (QED) is 0.285. The van der Waals surface area contributed by atoms with Crippen LogP contribution in [-0.4, -0.2) is 26.2 Å². The Labute approximate surface area is 166 Å². The van der Waals surface area contributed by atoms with E-state index in [-0.39, 0.29) is 24.0 Å². The number of methoxy groups -OCH3 is 1. The van der Waals surface area contributed by atoms with Crippen LogP contribution >= 0.6 is 24.0 Å². The fraction of sp³-hybridized carbons (Fsp3) is 0.316. The molecule has 0 amide bonds. The fourth-order valence-electron chi connectivity index (χ4n) is 2.39. The highest BCUT2D eigenvalue weighted by Gasteiger charge is 2.03. The second-order valence-electron chi connectivity index (χ2n) is 5.52. The van der Waals surface area contributed by atoms with Gasteiger partial charge in [0.1, 0.15) is 11.5 Å². The third-order valence-electron chi connectivity index (χ3n) is 3.61. The average molecular weight is 455 g/mol. The molecular weight excluding hydrogens is 429 g/mol. The topological polar surface area (TPSA) is 68.9 Å². The van der Waals surface area contributed by atoms with Crippen LogP contribution in [-0.2, 0) is 0 Å². The molecule has 0 radical (unpaired) electrons. The zero-order valence-electron chi connectivity index (χ0n) is 14.9. The normalized spacial score (nSPS) is 10.8. The van der Waals surface area contributed by atoms with Crippen LogP contribution in [0.3, 0.4) is 0 Å². The monoisotopic (exact) mass is 455 g/mol. The van der Waals surface area contributed by atoms with Crippen LogP contribution in [0.2, 0.25) is 0 Å². The minimum atomic E-state index is 0. The lowest BCUT2D eigenvalue weighted by atomic mass is 10.1. The largest absolute Gasteiger partial charge is 0.495 e. The lowest BCUT2D eigenvalue weighted by molar-refractivity contribution is 0.309. The lowest BCUT2D eigenvalue weighted by Crippen LogP contribution is -2.23. The van der Waals surface area contributed by atoms with Gasteiger partial charge in [-0.05, 0) is 37.1 Å². The van der Waals surface area contributed by atoms with Crippen LogP contribution in [0.25, 0.3) is 0 Å². The number of anilines is 1. The summed E-state index contributed by atoms with van der Waals surface area (Å²) in [6.45, 7) is 5.31. The Balaban J connectivity index is 0.00000312. The van der Waals surface area contributed by atoms with Crippen LogP contribution in [0.15, 0.2) is 47.5 Å². The number of guanidine groups is 1. The molecular formula is C19H26IN3O2. The molecule has 25 heavy (non-hydrogen) atoms. The summed E-state index contributed by atoms with van der Waals surface area (Å²) in [5.41, 5.74) is 9.01.